The van der Waals surface area contributed by atoms with Gasteiger partial charge >= 0.3 is 11.9 Å². The lowest BCUT2D eigenvalue weighted by molar-refractivity contribution is -0.384. The molecule has 0 saturated carbocycles. The lowest BCUT2D eigenvalue weighted by atomic mass is 10.1. The standard InChI is InChI=1S/C21H16N4O8S/c1-31-18(26)10-17-19(27)23-21(34-17)24-22-11-12-5-3-4-6-15(12)33-16-8-7-13(25(29)30)9-14(16)20(28)32-2/h3-11H,1-2H3,(H,23,24,27)/b17-10+,22-11?. The molecule has 1 saturated heterocycles. The average molecular weight is 484 g/mol. The number of nitrogens with one attached hydrogen (secondary N) is 1. The van der Waals surface area contributed by atoms with Crippen molar-refractivity contribution in [2.75, 3.05) is 14.2 Å². The Morgan fingerprint density at radius 3 is 2.59 bits per heavy atom. The van der Waals surface area contributed by atoms with E-state index in [-0.39, 0.29) is 32.8 Å². The molecule has 1 aliphatic heterocycles. The van der Waals surface area contributed by atoms with Gasteiger partial charge in [0.1, 0.15) is 17.1 Å². The Morgan fingerprint density at radius 2 is 1.88 bits per heavy atom. The third kappa shape index (κ3) is 5.83. The Kier molecular flexibility index (Phi) is 7.71. The summed E-state index contributed by atoms with van der Waals surface area (Å²) in [6.45, 7) is 0. The number of non-ortho nitro benzene ring substituents is 1. The number of esters is 2. The van der Waals surface area contributed by atoms with Crippen LogP contribution in [0.4, 0.5) is 5.69 Å². The molecule has 1 aliphatic rings. The van der Waals surface area contributed by atoms with Crippen LogP contribution in [0.2, 0.25) is 0 Å². The van der Waals surface area contributed by atoms with Crippen LogP contribution < -0.4 is 10.1 Å². The predicted octanol–water partition coefficient (Wildman–Crippen LogP) is 2.78. The first kappa shape index (κ1) is 24.1. The summed E-state index contributed by atoms with van der Waals surface area (Å²) in [6.07, 6.45) is 2.39. The van der Waals surface area contributed by atoms with E-state index in [1.807, 2.05) is 0 Å². The van der Waals surface area contributed by atoms with Gasteiger partial charge in [0, 0.05) is 23.8 Å². The van der Waals surface area contributed by atoms with E-state index >= 15 is 0 Å². The number of thioether (sulfide) groups is 1. The third-order valence-electron chi connectivity index (χ3n) is 4.16. The number of ether oxygens (including phenoxy) is 3. The summed E-state index contributed by atoms with van der Waals surface area (Å²) >= 11 is 0.914. The van der Waals surface area contributed by atoms with Gasteiger partial charge in [0.05, 0.1) is 30.3 Å². The zero-order valence-electron chi connectivity index (χ0n) is 17.7. The number of amidine groups is 1. The van der Waals surface area contributed by atoms with Crippen LogP contribution in [0.1, 0.15) is 15.9 Å². The number of carbonyl (C=O) groups excluding carboxylic acids is 3. The Balaban J connectivity index is 1.83. The zero-order chi connectivity index (χ0) is 24.7. The normalized spacial score (nSPS) is 15.4. The monoisotopic (exact) mass is 484 g/mol. The van der Waals surface area contributed by atoms with Gasteiger partial charge in [0.2, 0.25) is 0 Å². The van der Waals surface area contributed by atoms with Crippen molar-refractivity contribution >= 4 is 46.7 Å². The van der Waals surface area contributed by atoms with E-state index in [9.17, 15) is 24.5 Å². The highest BCUT2D eigenvalue weighted by Crippen LogP contribution is 2.31. The average Bonchev–Trinajstić information content (AvgIpc) is 3.18. The highest BCUT2D eigenvalue weighted by molar-refractivity contribution is 8.18. The van der Waals surface area contributed by atoms with Crippen molar-refractivity contribution in [3.63, 3.8) is 0 Å². The molecule has 34 heavy (non-hydrogen) atoms. The molecule has 0 spiro atoms. The molecular weight excluding hydrogens is 468 g/mol. The summed E-state index contributed by atoms with van der Waals surface area (Å²) < 4.78 is 15.0. The van der Waals surface area contributed by atoms with E-state index in [0.717, 1.165) is 31.0 Å². The summed E-state index contributed by atoms with van der Waals surface area (Å²) in [6, 6.07) is 10.2. The van der Waals surface area contributed by atoms with E-state index in [1.54, 1.807) is 24.3 Å². The summed E-state index contributed by atoms with van der Waals surface area (Å²) in [4.78, 5) is 45.8. The van der Waals surface area contributed by atoms with Crippen LogP contribution in [-0.4, -0.2) is 48.4 Å². The summed E-state index contributed by atoms with van der Waals surface area (Å²) in [5.41, 5.74) is 0.0366. The van der Waals surface area contributed by atoms with Gasteiger partial charge in [-0.25, -0.2) is 9.59 Å². The van der Waals surface area contributed by atoms with Crippen LogP contribution >= 0.6 is 11.8 Å². The molecule has 1 heterocycles. The number of methoxy groups -OCH3 is 2. The van der Waals surface area contributed by atoms with Gasteiger partial charge in [0.25, 0.3) is 11.6 Å². The molecular formula is C21H16N4O8S. The second-order valence-corrected chi connectivity index (χ2v) is 7.34. The predicted molar refractivity (Wildman–Crippen MR) is 122 cm³/mol. The van der Waals surface area contributed by atoms with Crippen LogP contribution in [0.3, 0.4) is 0 Å². The molecule has 3 rings (SSSR count). The number of hydrogen-bond acceptors (Lipinski definition) is 11. The molecule has 13 heteroatoms. The largest absolute Gasteiger partial charge is 0.466 e. The van der Waals surface area contributed by atoms with Crippen LogP contribution in [0, 0.1) is 10.1 Å². The number of carbonyl (C=O) groups is 3. The van der Waals surface area contributed by atoms with Crippen molar-refractivity contribution in [3.8, 4) is 11.5 Å². The smallest absolute Gasteiger partial charge is 0.341 e. The fourth-order valence-electron chi connectivity index (χ4n) is 2.57. The number of rotatable bonds is 7. The lowest BCUT2D eigenvalue weighted by Gasteiger charge is -2.11. The second kappa shape index (κ2) is 10.9. The first-order chi connectivity index (χ1) is 16.3. The highest BCUT2D eigenvalue weighted by Gasteiger charge is 2.25. The van der Waals surface area contributed by atoms with Crippen molar-refractivity contribution in [2.24, 2.45) is 10.2 Å². The number of amides is 1. The van der Waals surface area contributed by atoms with Crippen LogP contribution in [0.5, 0.6) is 11.5 Å². The Bertz CT molecular complexity index is 1260. The van der Waals surface area contributed by atoms with Crippen molar-refractivity contribution in [1.82, 2.24) is 5.32 Å². The molecule has 0 bridgehead atoms. The fourth-order valence-corrected chi connectivity index (χ4v) is 3.31. The highest BCUT2D eigenvalue weighted by atomic mass is 32.2. The van der Waals surface area contributed by atoms with Crippen molar-refractivity contribution < 1.29 is 33.5 Å². The Hall–Kier alpha value is -4.52. The van der Waals surface area contributed by atoms with Crippen LogP contribution in [-0.2, 0) is 19.1 Å². The van der Waals surface area contributed by atoms with Gasteiger partial charge in [-0.2, -0.15) is 5.10 Å². The van der Waals surface area contributed by atoms with Crippen LogP contribution in [0.25, 0.3) is 0 Å². The molecule has 0 atom stereocenters. The molecule has 2 aromatic carbocycles. The lowest BCUT2D eigenvalue weighted by Crippen LogP contribution is -2.19. The SMILES string of the molecule is COC(=O)/C=C1/S/C(=N\N=Cc2ccccc2Oc2ccc([N+](=O)[O-])cc2C(=O)OC)NC1=O. The van der Waals surface area contributed by atoms with Crippen LogP contribution in [0.15, 0.2) is 63.6 Å². The first-order valence-electron chi connectivity index (χ1n) is 9.36. The molecule has 0 aliphatic carbocycles. The van der Waals surface area contributed by atoms with Gasteiger partial charge in [-0.05, 0) is 30.0 Å². The van der Waals surface area contributed by atoms with Gasteiger partial charge in [-0.15, -0.1) is 5.10 Å². The minimum Gasteiger partial charge on any atom is -0.466 e. The van der Waals surface area contributed by atoms with E-state index in [1.165, 1.54) is 25.5 Å². The quantitative estimate of drug-likeness (QED) is 0.205. The second-order valence-electron chi connectivity index (χ2n) is 6.31. The number of nitro groups is 1. The van der Waals surface area contributed by atoms with Crippen molar-refractivity contribution in [2.45, 2.75) is 0 Å². The number of benzene rings is 2. The van der Waals surface area contributed by atoms with Crippen molar-refractivity contribution in [3.05, 3.63) is 74.7 Å². The fraction of sp³-hybridized carbons (Fsp3) is 0.0952. The molecule has 12 nitrogen and oxygen atoms in total. The van der Waals surface area contributed by atoms with E-state index in [4.69, 9.17) is 9.47 Å². The van der Waals surface area contributed by atoms with Gasteiger partial charge < -0.3 is 14.2 Å². The molecule has 1 fully saturated rings. The topological polar surface area (TPSA) is 159 Å². The minimum absolute atomic E-state index is 0.0424. The Labute approximate surface area is 196 Å². The van der Waals surface area contributed by atoms with Crippen molar-refractivity contribution in [1.29, 1.82) is 0 Å². The number of nitro benzene ring substituents is 1. The Morgan fingerprint density at radius 1 is 1.12 bits per heavy atom. The molecule has 2 aromatic rings. The third-order valence-corrected chi connectivity index (χ3v) is 5.06. The molecule has 174 valence electrons. The molecule has 0 unspecified atom stereocenters. The number of para-hydroxylation sites is 1. The molecule has 1 amide bonds. The van der Waals surface area contributed by atoms with E-state index < -0.39 is 22.8 Å². The maximum Gasteiger partial charge on any atom is 0.341 e. The summed E-state index contributed by atoms with van der Waals surface area (Å²) in [5, 5.41) is 21.5. The first-order valence-corrected chi connectivity index (χ1v) is 10.2. The zero-order valence-corrected chi connectivity index (χ0v) is 18.5. The van der Waals surface area contributed by atoms with E-state index in [0.29, 0.717) is 5.56 Å². The van der Waals surface area contributed by atoms with Gasteiger partial charge in [0.15, 0.2) is 5.17 Å². The number of hydrogen-bond donors (Lipinski definition) is 1. The maximum absolute atomic E-state index is 12.1. The summed E-state index contributed by atoms with van der Waals surface area (Å²) in [5.74, 6) is -1.67. The van der Waals surface area contributed by atoms with Gasteiger partial charge in [-0.3, -0.25) is 20.2 Å². The van der Waals surface area contributed by atoms with Gasteiger partial charge in [-0.1, -0.05) is 12.1 Å². The minimum atomic E-state index is -0.805. The summed E-state index contributed by atoms with van der Waals surface area (Å²) in [7, 11) is 2.34. The molecule has 1 N–H and O–H groups in total. The molecule has 0 radical (unpaired) electrons. The maximum atomic E-state index is 12.1. The molecule has 0 aromatic heterocycles. The van der Waals surface area contributed by atoms with E-state index in [2.05, 4.69) is 20.3 Å². The number of nitrogens with zero attached hydrogens (tertiary/aromatic N) is 3.